The lowest BCUT2D eigenvalue weighted by Crippen LogP contribution is -2.26. The largest absolute Gasteiger partial charge is 0.264 e. The van der Waals surface area contributed by atoms with Gasteiger partial charge in [-0.3, -0.25) is 4.98 Å². The van der Waals surface area contributed by atoms with Crippen LogP contribution in [0.25, 0.3) is 0 Å². The molecular formula is C12H13ClN2O2S2. The number of rotatable bonds is 5. The van der Waals surface area contributed by atoms with E-state index >= 15 is 0 Å². The van der Waals surface area contributed by atoms with Gasteiger partial charge in [0.05, 0.1) is 10.8 Å². The standard InChI is InChI=1S/C12H13ClN2O2S2/c1-15(9-10-3-2-5-14-8-10)19(16,17)12-4-6-18-11(12)7-13/h2-6,8H,7,9H2,1H3. The highest BCUT2D eigenvalue weighted by Gasteiger charge is 2.24. The van der Waals surface area contributed by atoms with Crippen molar-refractivity contribution in [1.29, 1.82) is 0 Å². The Balaban J connectivity index is 2.25. The second kappa shape index (κ2) is 6.00. The van der Waals surface area contributed by atoms with Crippen LogP contribution in [0.3, 0.4) is 0 Å². The highest BCUT2D eigenvalue weighted by atomic mass is 35.5. The number of hydrogen-bond donors (Lipinski definition) is 0. The molecule has 4 nitrogen and oxygen atoms in total. The van der Waals surface area contributed by atoms with Crippen molar-refractivity contribution in [2.75, 3.05) is 7.05 Å². The Morgan fingerprint density at radius 2 is 2.21 bits per heavy atom. The molecular weight excluding hydrogens is 304 g/mol. The summed E-state index contributed by atoms with van der Waals surface area (Å²) in [5, 5.41) is 1.74. The van der Waals surface area contributed by atoms with Gasteiger partial charge in [-0.25, -0.2) is 8.42 Å². The zero-order chi connectivity index (χ0) is 13.9. The topological polar surface area (TPSA) is 50.3 Å². The Bertz CT molecular complexity index is 641. The summed E-state index contributed by atoms with van der Waals surface area (Å²) in [6, 6.07) is 5.22. The van der Waals surface area contributed by atoms with Crippen LogP contribution < -0.4 is 0 Å². The van der Waals surface area contributed by atoms with Crippen molar-refractivity contribution in [3.63, 3.8) is 0 Å². The molecule has 0 aliphatic rings. The fraction of sp³-hybridized carbons (Fsp3) is 0.250. The van der Waals surface area contributed by atoms with E-state index in [2.05, 4.69) is 4.98 Å². The van der Waals surface area contributed by atoms with Gasteiger partial charge in [0.1, 0.15) is 0 Å². The Morgan fingerprint density at radius 1 is 1.42 bits per heavy atom. The molecule has 0 saturated carbocycles. The molecule has 0 N–H and O–H groups in total. The van der Waals surface area contributed by atoms with Crippen molar-refractivity contribution in [3.05, 3.63) is 46.4 Å². The third-order valence-corrected chi connectivity index (χ3v) is 6.01. The second-order valence-corrected chi connectivity index (χ2v) is 7.25. The van der Waals surface area contributed by atoms with Crippen molar-refractivity contribution in [3.8, 4) is 0 Å². The van der Waals surface area contributed by atoms with E-state index in [-0.39, 0.29) is 12.4 Å². The molecule has 7 heteroatoms. The molecule has 2 aromatic heterocycles. The fourth-order valence-electron chi connectivity index (χ4n) is 1.66. The quantitative estimate of drug-likeness (QED) is 0.797. The smallest absolute Gasteiger partial charge is 0.244 e. The number of thiophene rings is 1. The first kappa shape index (κ1) is 14.5. The molecule has 2 rings (SSSR count). The van der Waals surface area contributed by atoms with E-state index < -0.39 is 10.0 Å². The number of hydrogen-bond acceptors (Lipinski definition) is 4. The second-order valence-electron chi connectivity index (χ2n) is 3.96. The molecule has 0 aliphatic carbocycles. The zero-order valence-electron chi connectivity index (χ0n) is 10.3. The minimum Gasteiger partial charge on any atom is -0.264 e. The first-order valence-corrected chi connectivity index (χ1v) is 8.38. The van der Waals surface area contributed by atoms with Crippen LogP contribution >= 0.6 is 22.9 Å². The maximum Gasteiger partial charge on any atom is 0.244 e. The lowest BCUT2D eigenvalue weighted by molar-refractivity contribution is 0.466. The number of alkyl halides is 1. The van der Waals surface area contributed by atoms with Crippen LogP contribution in [0, 0.1) is 0 Å². The summed E-state index contributed by atoms with van der Waals surface area (Å²) >= 11 is 7.11. The van der Waals surface area contributed by atoms with Gasteiger partial charge in [0.25, 0.3) is 0 Å². The highest BCUT2D eigenvalue weighted by molar-refractivity contribution is 7.89. The van der Waals surface area contributed by atoms with E-state index in [1.165, 1.54) is 15.6 Å². The zero-order valence-corrected chi connectivity index (χ0v) is 12.7. The Kier molecular flexibility index (Phi) is 4.57. The lowest BCUT2D eigenvalue weighted by atomic mass is 10.3. The maximum absolute atomic E-state index is 12.4. The average Bonchev–Trinajstić information content (AvgIpc) is 2.88. The third kappa shape index (κ3) is 3.14. The van der Waals surface area contributed by atoms with Crippen LogP contribution in [0.15, 0.2) is 40.9 Å². The van der Waals surface area contributed by atoms with Gasteiger partial charge in [-0.2, -0.15) is 4.31 Å². The summed E-state index contributed by atoms with van der Waals surface area (Å²) in [5.74, 6) is 0.201. The predicted octanol–water partition coefficient (Wildman–Crippen LogP) is 2.70. The third-order valence-electron chi connectivity index (χ3n) is 2.64. The van der Waals surface area contributed by atoms with Gasteiger partial charge in [-0.1, -0.05) is 6.07 Å². The Labute approximate surface area is 121 Å². The molecule has 0 amide bonds. The monoisotopic (exact) mass is 316 g/mol. The van der Waals surface area contributed by atoms with Crippen molar-refractivity contribution >= 4 is 33.0 Å². The number of sulfonamides is 1. The van der Waals surface area contributed by atoms with E-state index in [1.54, 1.807) is 37.0 Å². The van der Waals surface area contributed by atoms with Crippen molar-refractivity contribution in [2.45, 2.75) is 17.3 Å². The van der Waals surface area contributed by atoms with Gasteiger partial charge in [0, 0.05) is 30.9 Å². The van der Waals surface area contributed by atoms with E-state index in [0.717, 1.165) is 5.56 Å². The molecule has 0 aromatic carbocycles. The summed E-state index contributed by atoms with van der Waals surface area (Å²) in [6.07, 6.45) is 3.31. The summed E-state index contributed by atoms with van der Waals surface area (Å²) in [4.78, 5) is 4.93. The molecule has 0 radical (unpaired) electrons. The molecule has 0 bridgehead atoms. The average molecular weight is 317 g/mol. The lowest BCUT2D eigenvalue weighted by Gasteiger charge is -2.17. The van der Waals surface area contributed by atoms with Gasteiger partial charge in [-0.05, 0) is 23.1 Å². The van der Waals surface area contributed by atoms with E-state index in [1.807, 2.05) is 6.07 Å². The molecule has 0 spiro atoms. The van der Waals surface area contributed by atoms with Crippen LogP contribution in [0.4, 0.5) is 0 Å². The van der Waals surface area contributed by atoms with Gasteiger partial charge in [0.15, 0.2) is 0 Å². The minimum atomic E-state index is -3.51. The first-order valence-electron chi connectivity index (χ1n) is 5.53. The summed E-state index contributed by atoms with van der Waals surface area (Å²) < 4.78 is 26.2. The van der Waals surface area contributed by atoms with E-state index in [4.69, 9.17) is 11.6 Å². The molecule has 0 unspecified atom stereocenters. The van der Waals surface area contributed by atoms with Crippen LogP contribution in [-0.4, -0.2) is 24.8 Å². The number of pyridine rings is 1. The SMILES string of the molecule is CN(Cc1cccnc1)S(=O)(=O)c1ccsc1CCl. The molecule has 0 fully saturated rings. The summed E-state index contributed by atoms with van der Waals surface area (Å²) in [6.45, 7) is 0.285. The minimum absolute atomic E-state index is 0.201. The van der Waals surface area contributed by atoms with Crippen LogP contribution in [0.5, 0.6) is 0 Å². The fourth-order valence-corrected chi connectivity index (χ4v) is 4.49. The number of aromatic nitrogens is 1. The van der Waals surface area contributed by atoms with Crippen molar-refractivity contribution < 1.29 is 8.42 Å². The molecule has 0 aliphatic heterocycles. The van der Waals surface area contributed by atoms with Gasteiger partial charge in [-0.15, -0.1) is 22.9 Å². The first-order chi connectivity index (χ1) is 9.05. The predicted molar refractivity (Wildman–Crippen MR) is 76.8 cm³/mol. The van der Waals surface area contributed by atoms with Crippen LogP contribution in [-0.2, 0) is 22.4 Å². The Hall–Kier alpha value is -0.950. The summed E-state index contributed by atoms with van der Waals surface area (Å²) in [7, 11) is -1.95. The molecule has 0 saturated heterocycles. The summed E-state index contributed by atoms with van der Waals surface area (Å²) in [5.41, 5.74) is 0.844. The molecule has 102 valence electrons. The van der Waals surface area contributed by atoms with E-state index in [0.29, 0.717) is 9.77 Å². The van der Waals surface area contributed by atoms with Gasteiger partial charge < -0.3 is 0 Å². The Morgan fingerprint density at radius 3 is 2.84 bits per heavy atom. The van der Waals surface area contributed by atoms with Crippen LogP contribution in [0.1, 0.15) is 10.4 Å². The normalized spacial score (nSPS) is 11.9. The van der Waals surface area contributed by atoms with Gasteiger partial charge >= 0.3 is 0 Å². The van der Waals surface area contributed by atoms with Crippen molar-refractivity contribution in [1.82, 2.24) is 9.29 Å². The number of halogens is 1. The van der Waals surface area contributed by atoms with Crippen LogP contribution in [0.2, 0.25) is 0 Å². The van der Waals surface area contributed by atoms with E-state index in [9.17, 15) is 8.42 Å². The molecule has 2 heterocycles. The highest BCUT2D eigenvalue weighted by Crippen LogP contribution is 2.26. The maximum atomic E-state index is 12.4. The number of nitrogens with zero attached hydrogens (tertiary/aromatic N) is 2. The van der Waals surface area contributed by atoms with Gasteiger partial charge in [0.2, 0.25) is 10.0 Å². The molecule has 2 aromatic rings. The molecule has 19 heavy (non-hydrogen) atoms. The molecule has 0 atom stereocenters. The van der Waals surface area contributed by atoms with Crippen molar-refractivity contribution in [2.24, 2.45) is 0 Å².